The molecule has 3 atom stereocenters. The minimum atomic E-state index is -4.02. The van der Waals surface area contributed by atoms with E-state index in [1.807, 2.05) is 63.2 Å². The van der Waals surface area contributed by atoms with E-state index in [2.05, 4.69) is 16.0 Å². The van der Waals surface area contributed by atoms with Crippen molar-refractivity contribution in [2.24, 2.45) is 0 Å². The van der Waals surface area contributed by atoms with Crippen molar-refractivity contribution in [3.8, 4) is 0 Å². The molecule has 0 aliphatic rings. The van der Waals surface area contributed by atoms with Gasteiger partial charge in [0.2, 0.25) is 11.8 Å². The van der Waals surface area contributed by atoms with Gasteiger partial charge >= 0.3 is 0 Å². The molecule has 0 unspecified atom stereocenters. The number of amides is 3. The van der Waals surface area contributed by atoms with Crippen molar-refractivity contribution < 1.29 is 27.9 Å². The highest BCUT2D eigenvalue weighted by Crippen LogP contribution is 2.21. The molecule has 0 bridgehead atoms. The molecule has 4 aromatic carbocycles. The molecule has 242 valence electrons. The number of sulfone groups is 1. The number of hydrogen-bond acceptors (Lipinski definition) is 6. The molecule has 0 radical (unpaired) electrons. The topological polar surface area (TPSA) is 142 Å². The predicted octanol–water partition coefficient (Wildman–Crippen LogP) is 3.98. The van der Waals surface area contributed by atoms with Crippen LogP contribution in [-0.2, 0) is 32.3 Å². The van der Waals surface area contributed by atoms with Gasteiger partial charge in [-0.15, -0.1) is 0 Å². The van der Waals surface area contributed by atoms with Crippen molar-refractivity contribution in [2.75, 3.05) is 5.75 Å². The molecule has 4 rings (SSSR count). The van der Waals surface area contributed by atoms with Gasteiger partial charge < -0.3 is 21.1 Å². The minimum absolute atomic E-state index is 0.0281. The van der Waals surface area contributed by atoms with Crippen LogP contribution in [0.4, 0.5) is 0 Å². The average Bonchev–Trinajstić information content (AvgIpc) is 2.99. The molecule has 0 saturated carbocycles. The molecule has 9 nitrogen and oxygen atoms in total. The maximum atomic E-state index is 13.7. The second kappa shape index (κ2) is 14.7. The van der Waals surface area contributed by atoms with E-state index in [1.165, 1.54) is 13.0 Å². The SMILES string of the molecule is CC(=O)N[C@H](CS(=O)(=O)c1ccc2ccccc2c1)C(=O)N[C@@H](Cc1ccccc1)[C@H](O)Cc1ccccc1C(=O)NC(C)(C)C. The Bertz CT molecular complexity index is 1800. The van der Waals surface area contributed by atoms with Crippen LogP contribution in [0.1, 0.15) is 49.2 Å². The van der Waals surface area contributed by atoms with Crippen LogP contribution in [-0.4, -0.2) is 60.7 Å². The maximum Gasteiger partial charge on any atom is 0.251 e. The number of nitrogens with one attached hydrogen (secondary N) is 3. The van der Waals surface area contributed by atoms with Crippen molar-refractivity contribution in [2.45, 2.75) is 69.2 Å². The summed E-state index contributed by atoms with van der Waals surface area (Å²) in [7, 11) is -4.02. The Morgan fingerprint density at radius 1 is 0.783 bits per heavy atom. The Morgan fingerprint density at radius 2 is 1.41 bits per heavy atom. The summed E-state index contributed by atoms with van der Waals surface area (Å²) < 4.78 is 27.0. The van der Waals surface area contributed by atoms with Crippen LogP contribution in [0.2, 0.25) is 0 Å². The third kappa shape index (κ3) is 9.48. The molecule has 46 heavy (non-hydrogen) atoms. The van der Waals surface area contributed by atoms with Gasteiger partial charge in [0.1, 0.15) is 6.04 Å². The standard InChI is InChI=1S/C36H41N3O6S/c1-24(40)37-32(23-46(44,45)29-19-18-26-14-8-9-15-27(26)21-29)35(43)38-31(20-25-12-6-5-7-13-25)33(41)22-28-16-10-11-17-30(28)34(42)39-36(2,3)4/h5-19,21,31-33,41H,20,22-23H2,1-4H3,(H,37,40)(H,38,43)(H,39,42)/t31-,32+,33+/m0/s1. The summed E-state index contributed by atoms with van der Waals surface area (Å²) in [5.41, 5.74) is 1.34. The molecule has 4 aromatic rings. The summed E-state index contributed by atoms with van der Waals surface area (Å²) in [4.78, 5) is 38.9. The van der Waals surface area contributed by atoms with Crippen LogP contribution < -0.4 is 16.0 Å². The molecule has 10 heteroatoms. The number of aliphatic hydroxyl groups excluding tert-OH is 1. The monoisotopic (exact) mass is 643 g/mol. The van der Waals surface area contributed by atoms with Crippen LogP contribution in [0, 0.1) is 0 Å². The molecular weight excluding hydrogens is 602 g/mol. The Labute approximate surface area is 270 Å². The van der Waals surface area contributed by atoms with E-state index in [0.29, 0.717) is 11.1 Å². The van der Waals surface area contributed by atoms with Gasteiger partial charge in [0.25, 0.3) is 5.91 Å². The van der Waals surface area contributed by atoms with Gasteiger partial charge in [-0.1, -0.05) is 78.9 Å². The van der Waals surface area contributed by atoms with Gasteiger partial charge in [0.05, 0.1) is 22.8 Å². The first-order valence-corrected chi connectivity index (χ1v) is 16.8. The highest BCUT2D eigenvalue weighted by molar-refractivity contribution is 7.91. The van der Waals surface area contributed by atoms with Crippen molar-refractivity contribution in [3.63, 3.8) is 0 Å². The quantitative estimate of drug-likeness (QED) is 0.184. The lowest BCUT2D eigenvalue weighted by atomic mass is 9.93. The molecule has 0 aromatic heterocycles. The Kier molecular flexibility index (Phi) is 11.0. The third-order valence-electron chi connectivity index (χ3n) is 7.43. The van der Waals surface area contributed by atoms with Crippen LogP contribution in [0.15, 0.2) is 102 Å². The fourth-order valence-electron chi connectivity index (χ4n) is 5.23. The largest absolute Gasteiger partial charge is 0.391 e. The third-order valence-corrected chi connectivity index (χ3v) is 9.17. The lowest BCUT2D eigenvalue weighted by Gasteiger charge is -2.28. The molecule has 0 aliphatic carbocycles. The van der Waals surface area contributed by atoms with Crippen LogP contribution in [0.5, 0.6) is 0 Å². The van der Waals surface area contributed by atoms with Crippen molar-refractivity contribution in [1.82, 2.24) is 16.0 Å². The molecule has 0 aliphatic heterocycles. The lowest BCUT2D eigenvalue weighted by molar-refractivity contribution is -0.128. The summed E-state index contributed by atoms with van der Waals surface area (Å²) in [5, 5.41) is 21.4. The van der Waals surface area contributed by atoms with E-state index in [0.717, 1.165) is 16.3 Å². The number of carbonyl (C=O) groups is 3. The van der Waals surface area contributed by atoms with Crippen molar-refractivity contribution >= 4 is 38.3 Å². The summed E-state index contributed by atoms with van der Waals surface area (Å²) in [6.45, 7) is 6.83. The highest BCUT2D eigenvalue weighted by Gasteiger charge is 2.32. The summed E-state index contributed by atoms with van der Waals surface area (Å²) in [5.74, 6) is -2.30. The van der Waals surface area contributed by atoms with Gasteiger partial charge in [0, 0.05) is 24.4 Å². The molecule has 0 saturated heterocycles. The van der Waals surface area contributed by atoms with Crippen LogP contribution >= 0.6 is 0 Å². The second-order valence-electron chi connectivity index (χ2n) is 12.5. The second-order valence-corrected chi connectivity index (χ2v) is 14.5. The van der Waals surface area contributed by atoms with Crippen LogP contribution in [0.3, 0.4) is 0 Å². The first-order valence-electron chi connectivity index (χ1n) is 15.1. The first-order chi connectivity index (χ1) is 21.7. The summed E-state index contributed by atoms with van der Waals surface area (Å²) in [6, 6.07) is 25.9. The fourth-order valence-corrected chi connectivity index (χ4v) is 6.68. The lowest BCUT2D eigenvalue weighted by Crippen LogP contribution is -2.55. The number of aliphatic hydroxyl groups is 1. The fraction of sp³-hybridized carbons (Fsp3) is 0.306. The molecular formula is C36H41N3O6S. The number of hydrogen-bond donors (Lipinski definition) is 4. The van der Waals surface area contributed by atoms with E-state index >= 15 is 0 Å². The van der Waals surface area contributed by atoms with Crippen molar-refractivity contribution in [3.05, 3.63) is 114 Å². The molecule has 3 amide bonds. The molecule has 4 N–H and O–H groups in total. The number of carbonyl (C=O) groups excluding carboxylic acids is 3. The number of fused-ring (bicyclic) bond motifs is 1. The van der Waals surface area contributed by atoms with Gasteiger partial charge in [-0.25, -0.2) is 8.42 Å². The number of benzene rings is 4. The number of rotatable bonds is 12. The Hall–Kier alpha value is -4.54. The molecule has 0 fully saturated rings. The maximum absolute atomic E-state index is 13.7. The normalized spacial score (nSPS) is 13.8. The predicted molar refractivity (Wildman–Crippen MR) is 179 cm³/mol. The van der Waals surface area contributed by atoms with Crippen LogP contribution in [0.25, 0.3) is 10.8 Å². The first kappa shape index (κ1) is 34.3. The van der Waals surface area contributed by atoms with E-state index < -0.39 is 51.1 Å². The summed E-state index contributed by atoms with van der Waals surface area (Å²) >= 11 is 0. The smallest absolute Gasteiger partial charge is 0.251 e. The van der Waals surface area contributed by atoms with Gasteiger partial charge in [-0.2, -0.15) is 0 Å². The Balaban J connectivity index is 1.60. The van der Waals surface area contributed by atoms with Crippen molar-refractivity contribution in [1.29, 1.82) is 0 Å². The average molecular weight is 644 g/mol. The molecule has 0 spiro atoms. The zero-order valence-electron chi connectivity index (χ0n) is 26.5. The van der Waals surface area contributed by atoms with Gasteiger partial charge in [-0.05, 0) is 67.3 Å². The van der Waals surface area contributed by atoms with E-state index in [1.54, 1.807) is 48.5 Å². The minimum Gasteiger partial charge on any atom is -0.391 e. The summed E-state index contributed by atoms with van der Waals surface area (Å²) in [6.07, 6.45) is -0.914. The highest BCUT2D eigenvalue weighted by atomic mass is 32.2. The molecule has 0 heterocycles. The Morgan fingerprint density at radius 3 is 2.09 bits per heavy atom. The van der Waals surface area contributed by atoms with E-state index in [4.69, 9.17) is 0 Å². The van der Waals surface area contributed by atoms with Gasteiger partial charge in [-0.3, -0.25) is 14.4 Å². The zero-order chi connectivity index (χ0) is 33.5. The van der Waals surface area contributed by atoms with Gasteiger partial charge in [0.15, 0.2) is 9.84 Å². The zero-order valence-corrected chi connectivity index (χ0v) is 27.3. The van der Waals surface area contributed by atoms with E-state index in [-0.39, 0.29) is 23.6 Å². The van der Waals surface area contributed by atoms with E-state index in [9.17, 15) is 27.9 Å².